The number of fused-ring (bicyclic) bond motifs is 2. The van der Waals surface area contributed by atoms with E-state index in [2.05, 4.69) is 35.9 Å². The Labute approximate surface area is 225 Å². The number of nitrogens with zero attached hydrogens (tertiary/aromatic N) is 2. The van der Waals surface area contributed by atoms with Crippen molar-refractivity contribution in [1.82, 2.24) is 9.80 Å². The second-order valence-electron chi connectivity index (χ2n) is 11.2. The molecule has 1 amide bonds. The van der Waals surface area contributed by atoms with Crippen LogP contribution in [0.2, 0.25) is 0 Å². The highest BCUT2D eigenvalue weighted by Gasteiger charge is 2.43. The molecule has 206 valence electrons. The minimum Gasteiger partial charge on any atom is -0.462 e. The Morgan fingerprint density at radius 1 is 0.946 bits per heavy atom. The molecule has 2 aliphatic rings. The van der Waals surface area contributed by atoms with Gasteiger partial charge in [0.2, 0.25) is 5.91 Å². The van der Waals surface area contributed by atoms with Gasteiger partial charge in [-0.05, 0) is 51.1 Å². The van der Waals surface area contributed by atoms with Crippen molar-refractivity contribution in [3.63, 3.8) is 0 Å². The molecular weight excluding hydrogens is 460 g/mol. The Hall–Kier alpha value is -2.14. The van der Waals surface area contributed by atoms with Gasteiger partial charge in [0.25, 0.3) is 0 Å². The lowest BCUT2D eigenvalue weighted by molar-refractivity contribution is -0.148. The number of likely N-dealkylation sites (N-methyl/N-ethyl adjacent to an activating group) is 1. The molecule has 2 fully saturated rings. The van der Waals surface area contributed by atoms with Crippen LogP contribution in [0.1, 0.15) is 102 Å². The zero-order chi connectivity index (χ0) is 26.3. The van der Waals surface area contributed by atoms with E-state index in [0.29, 0.717) is 24.4 Å². The molecule has 5 heteroatoms. The van der Waals surface area contributed by atoms with Crippen molar-refractivity contribution in [2.45, 2.75) is 121 Å². The third-order valence-electron chi connectivity index (χ3n) is 8.03. The quantitative estimate of drug-likeness (QED) is 0.125. The van der Waals surface area contributed by atoms with E-state index in [1.54, 1.807) is 0 Å². The fraction of sp³-hybridized carbons (Fsp3) is 0.688. The van der Waals surface area contributed by atoms with Crippen LogP contribution >= 0.6 is 0 Å². The normalized spacial score (nSPS) is 20.1. The van der Waals surface area contributed by atoms with Crippen molar-refractivity contribution in [3.05, 3.63) is 48.0 Å². The second-order valence-corrected chi connectivity index (χ2v) is 11.2. The molecule has 2 heterocycles. The van der Waals surface area contributed by atoms with Crippen molar-refractivity contribution in [3.8, 4) is 0 Å². The van der Waals surface area contributed by atoms with Crippen LogP contribution in [0.4, 0.5) is 0 Å². The highest BCUT2D eigenvalue weighted by molar-refractivity contribution is 5.77. The van der Waals surface area contributed by atoms with Gasteiger partial charge in [0.15, 0.2) is 0 Å². The molecule has 0 spiro atoms. The summed E-state index contributed by atoms with van der Waals surface area (Å²) in [5, 5.41) is 0. The summed E-state index contributed by atoms with van der Waals surface area (Å²) in [6, 6.07) is 10.9. The molecule has 1 aromatic carbocycles. The number of ether oxygens (including phenoxy) is 1. The lowest BCUT2D eigenvalue weighted by Gasteiger charge is -2.32. The largest absolute Gasteiger partial charge is 0.462 e. The number of piperazine rings is 1. The summed E-state index contributed by atoms with van der Waals surface area (Å²) >= 11 is 0. The van der Waals surface area contributed by atoms with Crippen LogP contribution in [0, 0.1) is 0 Å². The summed E-state index contributed by atoms with van der Waals surface area (Å²) in [7, 11) is 2.18. The molecule has 0 N–H and O–H groups in total. The van der Waals surface area contributed by atoms with E-state index in [1.807, 2.05) is 30.3 Å². The van der Waals surface area contributed by atoms with E-state index >= 15 is 0 Å². The van der Waals surface area contributed by atoms with Gasteiger partial charge >= 0.3 is 5.97 Å². The van der Waals surface area contributed by atoms with Gasteiger partial charge in [-0.2, -0.15) is 0 Å². The number of carbonyl (C=O) groups is 2. The first-order valence-corrected chi connectivity index (χ1v) is 14.9. The number of likely N-dealkylation sites (tertiary alicyclic amines) is 2. The summed E-state index contributed by atoms with van der Waals surface area (Å²) in [6.07, 6.45) is 20.0. The molecule has 2 bridgehead atoms. The van der Waals surface area contributed by atoms with Gasteiger partial charge in [0.05, 0.1) is 6.42 Å². The number of carbonyl (C=O) groups excluding carboxylic acids is 2. The number of rotatable bonds is 18. The van der Waals surface area contributed by atoms with Crippen molar-refractivity contribution < 1.29 is 14.3 Å². The number of hydrogen-bond donors (Lipinski definition) is 0. The van der Waals surface area contributed by atoms with Gasteiger partial charge in [-0.25, -0.2) is 0 Å². The van der Waals surface area contributed by atoms with E-state index in [9.17, 15) is 9.59 Å². The minimum atomic E-state index is -0.122. The molecule has 0 saturated carbocycles. The van der Waals surface area contributed by atoms with Gasteiger partial charge in [0.1, 0.15) is 6.10 Å². The summed E-state index contributed by atoms with van der Waals surface area (Å²) in [5.41, 5.74) is 1.01. The van der Waals surface area contributed by atoms with E-state index in [0.717, 1.165) is 63.6 Å². The molecule has 0 radical (unpaired) electrons. The van der Waals surface area contributed by atoms with Crippen molar-refractivity contribution in [1.29, 1.82) is 0 Å². The van der Waals surface area contributed by atoms with Crippen LogP contribution < -0.4 is 0 Å². The van der Waals surface area contributed by atoms with E-state index < -0.39 is 0 Å². The maximum absolute atomic E-state index is 12.5. The molecule has 37 heavy (non-hydrogen) atoms. The molecule has 3 atom stereocenters. The fourth-order valence-corrected chi connectivity index (χ4v) is 5.76. The van der Waals surface area contributed by atoms with Gasteiger partial charge in [-0.1, -0.05) is 87.9 Å². The fourth-order valence-electron chi connectivity index (χ4n) is 5.76. The van der Waals surface area contributed by atoms with E-state index in [1.165, 1.54) is 44.9 Å². The first-order valence-electron chi connectivity index (χ1n) is 14.9. The third kappa shape index (κ3) is 10.6. The van der Waals surface area contributed by atoms with Crippen LogP contribution in [0.5, 0.6) is 0 Å². The van der Waals surface area contributed by atoms with Gasteiger partial charge in [0, 0.05) is 38.0 Å². The van der Waals surface area contributed by atoms with Gasteiger partial charge in [-0.3, -0.25) is 14.5 Å². The van der Waals surface area contributed by atoms with Crippen LogP contribution in [-0.2, 0) is 20.7 Å². The summed E-state index contributed by atoms with van der Waals surface area (Å²) in [5.74, 6) is 0.250. The van der Waals surface area contributed by atoms with E-state index in [-0.39, 0.29) is 12.1 Å². The smallest absolute Gasteiger partial charge is 0.310 e. The molecule has 0 aromatic heterocycles. The topological polar surface area (TPSA) is 49.9 Å². The summed E-state index contributed by atoms with van der Waals surface area (Å²) in [4.78, 5) is 29.5. The molecule has 3 rings (SSSR count). The Bertz CT molecular complexity index is 823. The number of benzene rings is 1. The number of esters is 1. The van der Waals surface area contributed by atoms with Gasteiger partial charge in [-0.15, -0.1) is 0 Å². The maximum Gasteiger partial charge on any atom is 0.310 e. The molecule has 5 nitrogen and oxygen atoms in total. The zero-order valence-electron chi connectivity index (χ0n) is 23.4. The monoisotopic (exact) mass is 510 g/mol. The number of amides is 1. The standard InChI is InChI=1S/C32H50N2O3/c1-3-4-5-15-20-30(37-32(36)23-27-18-13-12-14-19-27)21-16-10-8-6-7-9-11-17-22-31(35)34-26-28-24-29(34)25-33(28)2/h10,12-14,16,18-19,28-30H,3-9,11,15,17,20-26H2,1-2H3/b16-10-/t28-,29-,30+/m0/s1. The van der Waals surface area contributed by atoms with Crippen LogP contribution in [0.3, 0.4) is 0 Å². The zero-order valence-corrected chi connectivity index (χ0v) is 23.4. The lowest BCUT2D eigenvalue weighted by atomic mass is 10.1. The predicted octanol–water partition coefficient (Wildman–Crippen LogP) is 6.70. The van der Waals surface area contributed by atoms with Crippen molar-refractivity contribution in [2.75, 3.05) is 20.1 Å². The Morgan fingerprint density at radius 3 is 2.43 bits per heavy atom. The van der Waals surface area contributed by atoms with Gasteiger partial charge < -0.3 is 9.64 Å². The molecule has 0 aliphatic carbocycles. The second kappa shape index (κ2) is 16.7. The minimum absolute atomic E-state index is 0.0203. The molecule has 2 aliphatic heterocycles. The summed E-state index contributed by atoms with van der Waals surface area (Å²) in [6.45, 7) is 4.22. The van der Waals surface area contributed by atoms with Crippen molar-refractivity contribution >= 4 is 11.9 Å². The number of allylic oxidation sites excluding steroid dienone is 1. The molecule has 1 aromatic rings. The average Bonchev–Trinajstić information content (AvgIpc) is 3.47. The Morgan fingerprint density at radius 2 is 1.70 bits per heavy atom. The number of hydrogen-bond acceptors (Lipinski definition) is 4. The highest BCUT2D eigenvalue weighted by atomic mass is 16.5. The molecular formula is C32H50N2O3. The first-order chi connectivity index (χ1) is 18.1. The van der Waals surface area contributed by atoms with E-state index in [4.69, 9.17) is 4.74 Å². The SMILES string of the molecule is CCCCCC[C@H](C/C=C\CCCCCCCC(=O)N1C[C@@H]2C[C@H]1CN2C)OC(=O)Cc1ccccc1. The third-order valence-corrected chi connectivity index (χ3v) is 8.03. The molecule has 2 saturated heterocycles. The Kier molecular flexibility index (Phi) is 13.2. The summed E-state index contributed by atoms with van der Waals surface area (Å²) < 4.78 is 5.86. The highest BCUT2D eigenvalue weighted by Crippen LogP contribution is 2.30. The Balaban J connectivity index is 1.24. The maximum atomic E-state index is 12.5. The van der Waals surface area contributed by atoms with Crippen molar-refractivity contribution in [2.24, 2.45) is 0 Å². The van der Waals surface area contributed by atoms with Crippen LogP contribution in [0.15, 0.2) is 42.5 Å². The van der Waals surface area contributed by atoms with Crippen LogP contribution in [-0.4, -0.2) is 60.0 Å². The van der Waals surface area contributed by atoms with Crippen LogP contribution in [0.25, 0.3) is 0 Å². The predicted molar refractivity (Wildman–Crippen MR) is 151 cm³/mol. The average molecular weight is 511 g/mol. The molecule has 0 unspecified atom stereocenters. The first kappa shape index (κ1) is 29.4. The lowest BCUT2D eigenvalue weighted by Crippen LogP contribution is -2.47. The number of unbranched alkanes of at least 4 members (excludes halogenated alkanes) is 8.